The molecular formula is C36H28CaN6O12S2. The number of fused-ring (bicyclic) bond motifs is 2. The Bertz CT molecular complexity index is 2640. The van der Waals surface area contributed by atoms with Crippen LogP contribution in [0.2, 0.25) is 0 Å². The molecule has 0 aromatic heterocycles. The average Bonchev–Trinajstić information content (AvgIpc) is 3.15. The molecule has 0 aliphatic heterocycles. The van der Waals surface area contributed by atoms with E-state index in [1.807, 2.05) is 0 Å². The minimum absolute atomic E-state index is 0. The van der Waals surface area contributed by atoms with E-state index < -0.39 is 51.4 Å². The molecule has 0 atom stereocenters. The summed E-state index contributed by atoms with van der Waals surface area (Å²) in [5, 5.41) is 60.4. The molecule has 6 aromatic carbocycles. The van der Waals surface area contributed by atoms with Crippen molar-refractivity contribution in [2.45, 2.75) is 36.5 Å². The number of hydrogen-bond donors (Lipinski definition) is 2. The molecule has 0 unspecified atom stereocenters. The minimum atomic E-state index is -4.95. The fourth-order valence-corrected chi connectivity index (χ4v) is 6.97. The quantitative estimate of drug-likeness (QED) is 0.0433. The zero-order valence-electron chi connectivity index (χ0n) is 29.8. The van der Waals surface area contributed by atoms with Crippen LogP contribution in [0.4, 0.5) is 34.1 Å². The van der Waals surface area contributed by atoms with Gasteiger partial charge in [0.2, 0.25) is 0 Å². The van der Waals surface area contributed by atoms with Gasteiger partial charge in [-0.2, -0.15) is 0 Å². The largest absolute Gasteiger partial charge is 2.00 e. The Morgan fingerprint density at radius 3 is 1.23 bits per heavy atom. The molecule has 0 radical (unpaired) electrons. The van der Waals surface area contributed by atoms with E-state index >= 15 is 0 Å². The Hall–Kier alpha value is -5.48. The Morgan fingerprint density at radius 2 is 0.912 bits per heavy atom. The van der Waals surface area contributed by atoms with Crippen LogP contribution in [0.15, 0.2) is 127 Å². The number of rotatable bonds is 10. The van der Waals surface area contributed by atoms with Crippen LogP contribution < -0.4 is 0 Å². The predicted octanol–water partition coefficient (Wildman–Crippen LogP) is 8.29. The molecule has 0 spiro atoms. The molecule has 0 amide bonds. The standard InChI is InChI=1S/2C18H15N3O6S.Ca/c2*1-2-12-14(8-5-9-15(12)21(23)24)19-20-17-13-7-4-3-6-11(13)10-16(18(17)22)28(25,26)27;/h2*3-10,22H,2H2,1H3,(H,25,26,27);/q;;+2/p-2. The molecule has 57 heavy (non-hydrogen) atoms. The second-order valence-corrected chi connectivity index (χ2v) is 14.4. The van der Waals surface area contributed by atoms with Crippen molar-refractivity contribution in [2.75, 3.05) is 0 Å². The van der Waals surface area contributed by atoms with Gasteiger partial charge in [-0.15, -0.1) is 20.5 Å². The topological polar surface area (TPSA) is 291 Å². The maximum Gasteiger partial charge on any atom is 2.00 e. The third-order valence-electron chi connectivity index (χ3n) is 8.33. The molecule has 0 aliphatic rings. The van der Waals surface area contributed by atoms with E-state index in [0.717, 1.165) is 12.1 Å². The normalized spacial score (nSPS) is 11.7. The summed E-state index contributed by atoms with van der Waals surface area (Å²) in [4.78, 5) is 19.7. The van der Waals surface area contributed by atoms with Crippen LogP contribution in [-0.4, -0.2) is 83.7 Å². The van der Waals surface area contributed by atoms with Crippen LogP contribution >= 0.6 is 0 Å². The third-order valence-corrected chi connectivity index (χ3v) is 10.0. The number of phenolic OH excluding ortho intramolecular Hbond substituents is 2. The van der Waals surface area contributed by atoms with Gasteiger partial charge in [-0.3, -0.25) is 20.2 Å². The average molecular weight is 841 g/mol. The number of nitro groups is 2. The number of phenols is 2. The molecule has 18 nitrogen and oxygen atoms in total. The summed E-state index contributed by atoms with van der Waals surface area (Å²) in [5.74, 6) is -1.64. The van der Waals surface area contributed by atoms with E-state index in [0.29, 0.717) is 45.5 Å². The zero-order chi connectivity index (χ0) is 40.9. The molecule has 0 saturated carbocycles. The molecule has 0 aliphatic carbocycles. The van der Waals surface area contributed by atoms with Crippen molar-refractivity contribution in [1.29, 1.82) is 0 Å². The molecule has 288 valence electrons. The molecule has 21 heteroatoms. The van der Waals surface area contributed by atoms with Gasteiger partial charge in [0.15, 0.2) is 11.5 Å². The van der Waals surface area contributed by atoms with Crippen molar-refractivity contribution < 1.29 is 46.0 Å². The van der Waals surface area contributed by atoms with Crippen LogP contribution in [0, 0.1) is 20.2 Å². The van der Waals surface area contributed by atoms with E-state index in [2.05, 4.69) is 20.5 Å². The molecular weight excluding hydrogens is 813 g/mol. The van der Waals surface area contributed by atoms with Gasteiger partial charge in [-0.05, 0) is 47.9 Å². The van der Waals surface area contributed by atoms with Gasteiger partial charge in [0.25, 0.3) is 11.4 Å². The zero-order valence-corrected chi connectivity index (χ0v) is 33.7. The van der Waals surface area contributed by atoms with Gasteiger partial charge >= 0.3 is 37.7 Å². The molecule has 6 rings (SSSR count). The summed E-state index contributed by atoms with van der Waals surface area (Å²) >= 11 is 0. The second kappa shape index (κ2) is 18.2. The van der Waals surface area contributed by atoms with Crippen LogP contribution in [0.1, 0.15) is 25.0 Å². The van der Waals surface area contributed by atoms with Crippen molar-refractivity contribution >= 4 is 114 Å². The van der Waals surface area contributed by atoms with E-state index in [9.17, 15) is 56.4 Å². The molecule has 0 bridgehead atoms. The van der Waals surface area contributed by atoms with E-state index in [4.69, 9.17) is 0 Å². The first-order chi connectivity index (χ1) is 26.5. The van der Waals surface area contributed by atoms with Gasteiger partial charge in [-0.1, -0.05) is 74.5 Å². The minimum Gasteiger partial charge on any atom is -0.744 e. The number of nitro benzene ring substituents is 2. The first-order valence-corrected chi connectivity index (χ1v) is 19.1. The van der Waals surface area contributed by atoms with Crippen LogP contribution in [0.5, 0.6) is 11.5 Å². The summed E-state index contributed by atoms with van der Waals surface area (Å²) in [6, 6.07) is 23.6. The summed E-state index contributed by atoms with van der Waals surface area (Å²) in [7, 11) is -9.90. The van der Waals surface area contributed by atoms with Crippen molar-refractivity contribution in [2.24, 2.45) is 20.5 Å². The Balaban J connectivity index is 0.000000248. The molecule has 0 fully saturated rings. The van der Waals surface area contributed by atoms with Crippen molar-refractivity contribution in [1.82, 2.24) is 0 Å². The second-order valence-electron chi connectivity index (χ2n) is 11.7. The van der Waals surface area contributed by atoms with Gasteiger partial charge in [0, 0.05) is 22.9 Å². The van der Waals surface area contributed by atoms with Crippen LogP contribution in [0.3, 0.4) is 0 Å². The molecule has 6 aromatic rings. The fourth-order valence-electron chi connectivity index (χ4n) is 5.76. The number of nitrogens with zero attached hydrogens (tertiary/aromatic N) is 6. The summed E-state index contributed by atoms with van der Waals surface area (Å²) in [6.45, 7) is 3.44. The summed E-state index contributed by atoms with van der Waals surface area (Å²) in [5.41, 5.74) is 0.432. The molecule has 0 heterocycles. The van der Waals surface area contributed by atoms with Crippen LogP contribution in [-0.2, 0) is 33.1 Å². The van der Waals surface area contributed by atoms with E-state index in [-0.39, 0.29) is 71.9 Å². The van der Waals surface area contributed by atoms with Gasteiger partial charge < -0.3 is 19.3 Å². The Kier molecular flexibility index (Phi) is 14.1. The Morgan fingerprint density at radius 1 is 0.561 bits per heavy atom. The van der Waals surface area contributed by atoms with E-state index in [1.165, 1.54) is 36.4 Å². The predicted molar refractivity (Wildman–Crippen MR) is 206 cm³/mol. The third kappa shape index (κ3) is 9.74. The first-order valence-electron chi connectivity index (χ1n) is 16.2. The first kappa shape index (κ1) is 44.2. The maximum absolute atomic E-state index is 11.5. The molecule has 0 saturated heterocycles. The monoisotopic (exact) mass is 840 g/mol. The van der Waals surface area contributed by atoms with Crippen LogP contribution in [0.25, 0.3) is 21.5 Å². The number of aromatic hydroxyl groups is 2. The van der Waals surface area contributed by atoms with Crippen molar-refractivity contribution in [3.63, 3.8) is 0 Å². The Labute approximate surface area is 354 Å². The smallest absolute Gasteiger partial charge is 0.744 e. The number of hydrogen-bond acceptors (Lipinski definition) is 16. The van der Waals surface area contributed by atoms with Gasteiger partial charge in [0.1, 0.15) is 31.6 Å². The van der Waals surface area contributed by atoms with E-state index in [1.54, 1.807) is 62.4 Å². The number of benzene rings is 6. The van der Waals surface area contributed by atoms with Gasteiger partial charge in [-0.25, -0.2) is 16.8 Å². The summed E-state index contributed by atoms with van der Waals surface area (Å²) in [6.07, 6.45) is 0.625. The fraction of sp³-hybridized carbons (Fsp3) is 0.111. The molecule has 2 N–H and O–H groups in total. The maximum atomic E-state index is 11.5. The van der Waals surface area contributed by atoms with Gasteiger partial charge in [0.05, 0.1) is 42.1 Å². The SMILES string of the molecule is CCc1c(N=Nc2c(O)c(S(=O)(=O)[O-])cc3ccccc23)cccc1[N+](=O)[O-].CCc1c(N=Nc2c(O)c(S(=O)(=O)[O-])cc3ccccc23)cccc1[N+](=O)[O-].[Ca+2]. The van der Waals surface area contributed by atoms with Crippen molar-refractivity contribution in [3.8, 4) is 11.5 Å². The van der Waals surface area contributed by atoms with Crippen molar-refractivity contribution in [3.05, 3.63) is 128 Å². The summed E-state index contributed by atoms with van der Waals surface area (Å²) < 4.78 is 68.9. The number of azo groups is 2.